The molecule has 0 spiro atoms. The van der Waals surface area contributed by atoms with Crippen molar-refractivity contribution in [2.45, 2.75) is 18.4 Å². The Hall–Kier alpha value is -1.06. The van der Waals surface area contributed by atoms with E-state index < -0.39 is 11.6 Å². The van der Waals surface area contributed by atoms with Gasteiger partial charge in [-0.05, 0) is 30.0 Å². The number of hydrogen-bond donors (Lipinski definition) is 1. The number of hydrogen-bond acceptors (Lipinski definition) is 2. The number of rotatable bonds is 2. The second kappa shape index (κ2) is 3.51. The number of carboxylic acid groups (broad SMARTS) is 1. The Balaban J connectivity index is 2.61. The molecule has 15 heavy (non-hydrogen) atoms. The Morgan fingerprint density at radius 2 is 2.33 bits per heavy atom. The zero-order valence-corrected chi connectivity index (χ0v) is 9.04. The lowest BCUT2D eigenvalue weighted by molar-refractivity contribution is -0.163. The van der Waals surface area contributed by atoms with Crippen LogP contribution >= 0.6 is 11.6 Å². The molecule has 0 saturated carbocycles. The lowest BCUT2D eigenvalue weighted by Gasteiger charge is -2.23. The molecular weight excluding hydrogens is 216 g/mol. The third-order valence-electron chi connectivity index (χ3n) is 2.97. The molecule has 1 atom stereocenters. The normalized spacial score (nSPS) is 23.9. The number of fused-ring (bicyclic) bond motifs is 1. The van der Waals surface area contributed by atoms with Gasteiger partial charge in [0, 0.05) is 12.1 Å². The summed E-state index contributed by atoms with van der Waals surface area (Å²) in [6.45, 7) is 0. The first-order valence-electron chi connectivity index (χ1n) is 4.68. The maximum Gasteiger partial charge on any atom is 0.340 e. The van der Waals surface area contributed by atoms with Crippen molar-refractivity contribution < 1.29 is 14.6 Å². The van der Waals surface area contributed by atoms with Crippen LogP contribution in [0.1, 0.15) is 17.5 Å². The summed E-state index contributed by atoms with van der Waals surface area (Å²) in [5.41, 5.74) is 0.369. The van der Waals surface area contributed by atoms with Crippen LogP contribution in [0.5, 0.6) is 0 Å². The average Bonchev–Trinajstić information content (AvgIpc) is 2.59. The van der Waals surface area contributed by atoms with Gasteiger partial charge in [-0.15, -0.1) is 0 Å². The van der Waals surface area contributed by atoms with Gasteiger partial charge >= 0.3 is 5.97 Å². The predicted octanol–water partition coefficient (Wildman–Crippen LogP) is 2.21. The van der Waals surface area contributed by atoms with Gasteiger partial charge < -0.3 is 9.84 Å². The van der Waals surface area contributed by atoms with Crippen molar-refractivity contribution in [2.24, 2.45) is 0 Å². The van der Waals surface area contributed by atoms with Crippen LogP contribution in [0, 0.1) is 0 Å². The molecule has 1 unspecified atom stereocenters. The number of ether oxygens (including phenoxy) is 1. The number of methoxy groups -OCH3 is 1. The minimum atomic E-state index is -1.21. The fraction of sp³-hybridized carbons (Fsp3) is 0.364. The summed E-state index contributed by atoms with van der Waals surface area (Å²) in [4.78, 5) is 11.3. The second-order valence-electron chi connectivity index (χ2n) is 3.60. The van der Waals surface area contributed by atoms with Gasteiger partial charge in [0.1, 0.15) is 0 Å². The summed E-state index contributed by atoms with van der Waals surface area (Å²) in [7, 11) is 1.42. The molecule has 1 aliphatic carbocycles. The number of aliphatic carboxylic acids is 1. The topological polar surface area (TPSA) is 46.5 Å². The molecule has 80 valence electrons. The highest BCUT2D eigenvalue weighted by atomic mass is 35.5. The van der Waals surface area contributed by atoms with E-state index in [-0.39, 0.29) is 0 Å². The highest BCUT2D eigenvalue weighted by Gasteiger charge is 2.46. The van der Waals surface area contributed by atoms with Crippen molar-refractivity contribution in [3.05, 3.63) is 34.3 Å². The largest absolute Gasteiger partial charge is 0.479 e. The van der Waals surface area contributed by atoms with Crippen LogP contribution in [0.15, 0.2) is 18.2 Å². The van der Waals surface area contributed by atoms with Gasteiger partial charge in [-0.1, -0.05) is 23.7 Å². The Bertz CT molecular complexity index is 416. The van der Waals surface area contributed by atoms with E-state index in [1.165, 1.54) is 7.11 Å². The van der Waals surface area contributed by atoms with E-state index in [2.05, 4.69) is 0 Å². The molecular formula is C11H11ClO3. The van der Waals surface area contributed by atoms with E-state index in [0.29, 0.717) is 23.4 Å². The average molecular weight is 227 g/mol. The van der Waals surface area contributed by atoms with E-state index in [1.807, 2.05) is 0 Å². The van der Waals surface area contributed by atoms with Gasteiger partial charge in [0.2, 0.25) is 0 Å². The molecule has 0 amide bonds. The van der Waals surface area contributed by atoms with Crippen molar-refractivity contribution in [3.8, 4) is 0 Å². The van der Waals surface area contributed by atoms with Gasteiger partial charge in [-0.25, -0.2) is 4.79 Å². The molecule has 4 heteroatoms. The standard InChI is InChI=1S/C11H11ClO3/c1-15-11(10(13)14)6-5-7-8(11)3-2-4-9(7)12/h2-4H,5-6H2,1H3,(H,13,14). The molecule has 1 aromatic carbocycles. The van der Waals surface area contributed by atoms with Crippen molar-refractivity contribution in [1.29, 1.82) is 0 Å². The van der Waals surface area contributed by atoms with Crippen molar-refractivity contribution >= 4 is 17.6 Å². The number of halogens is 1. The van der Waals surface area contributed by atoms with E-state index >= 15 is 0 Å². The third-order valence-corrected chi connectivity index (χ3v) is 3.33. The molecule has 1 aliphatic rings. The fourth-order valence-corrected chi connectivity index (χ4v) is 2.42. The monoisotopic (exact) mass is 226 g/mol. The van der Waals surface area contributed by atoms with Crippen LogP contribution in [0.3, 0.4) is 0 Å². The van der Waals surface area contributed by atoms with E-state index in [1.54, 1.807) is 18.2 Å². The summed E-state index contributed by atoms with van der Waals surface area (Å²) >= 11 is 6.01. The summed E-state index contributed by atoms with van der Waals surface area (Å²) < 4.78 is 5.18. The first-order chi connectivity index (χ1) is 7.12. The van der Waals surface area contributed by atoms with Crippen molar-refractivity contribution in [1.82, 2.24) is 0 Å². The molecule has 0 aromatic heterocycles. The Morgan fingerprint density at radius 3 is 2.93 bits per heavy atom. The van der Waals surface area contributed by atoms with E-state index in [9.17, 15) is 9.90 Å². The van der Waals surface area contributed by atoms with Crippen molar-refractivity contribution in [2.75, 3.05) is 7.11 Å². The van der Waals surface area contributed by atoms with Crippen molar-refractivity contribution in [3.63, 3.8) is 0 Å². The molecule has 1 aromatic rings. The Labute approximate surface area is 92.6 Å². The van der Waals surface area contributed by atoms with Gasteiger partial charge in [0.05, 0.1) is 0 Å². The molecule has 2 rings (SSSR count). The van der Waals surface area contributed by atoms with Crippen LogP contribution in [-0.4, -0.2) is 18.2 Å². The Kier molecular flexibility index (Phi) is 2.44. The fourth-order valence-electron chi connectivity index (χ4n) is 2.15. The maximum atomic E-state index is 11.3. The van der Waals surface area contributed by atoms with Crippen LogP contribution in [-0.2, 0) is 21.6 Å². The highest BCUT2D eigenvalue weighted by Crippen LogP contribution is 2.42. The molecule has 0 radical (unpaired) electrons. The van der Waals surface area contributed by atoms with Crippen LogP contribution in [0.25, 0.3) is 0 Å². The third kappa shape index (κ3) is 1.34. The lowest BCUT2D eigenvalue weighted by atomic mass is 9.96. The highest BCUT2D eigenvalue weighted by molar-refractivity contribution is 6.31. The SMILES string of the molecule is COC1(C(=O)O)CCc2c(Cl)cccc21. The zero-order valence-electron chi connectivity index (χ0n) is 8.29. The predicted molar refractivity (Wildman–Crippen MR) is 56.1 cm³/mol. The second-order valence-corrected chi connectivity index (χ2v) is 4.01. The van der Waals surface area contributed by atoms with Gasteiger partial charge in [-0.2, -0.15) is 0 Å². The minimum absolute atomic E-state index is 0.442. The first-order valence-corrected chi connectivity index (χ1v) is 5.06. The van der Waals surface area contributed by atoms with Gasteiger partial charge in [0.15, 0.2) is 5.60 Å². The zero-order chi connectivity index (χ0) is 11.1. The first kappa shape index (κ1) is 10.5. The molecule has 0 heterocycles. The van der Waals surface area contributed by atoms with Crippen LogP contribution in [0.4, 0.5) is 0 Å². The molecule has 1 N–H and O–H groups in total. The molecule has 0 fully saturated rings. The molecule has 0 bridgehead atoms. The smallest absolute Gasteiger partial charge is 0.340 e. The maximum absolute atomic E-state index is 11.3. The summed E-state index contributed by atoms with van der Waals surface area (Å²) in [5.74, 6) is -0.953. The summed E-state index contributed by atoms with van der Waals surface area (Å²) in [5, 5.41) is 9.85. The quantitative estimate of drug-likeness (QED) is 0.841. The number of benzene rings is 1. The van der Waals surface area contributed by atoms with Crippen LogP contribution < -0.4 is 0 Å². The van der Waals surface area contributed by atoms with Gasteiger partial charge in [-0.3, -0.25) is 0 Å². The number of carboxylic acids is 1. The lowest BCUT2D eigenvalue weighted by Crippen LogP contribution is -2.35. The molecule has 0 aliphatic heterocycles. The minimum Gasteiger partial charge on any atom is -0.479 e. The number of carbonyl (C=O) groups is 1. The Morgan fingerprint density at radius 1 is 1.60 bits per heavy atom. The molecule has 3 nitrogen and oxygen atoms in total. The summed E-state index contributed by atoms with van der Waals surface area (Å²) in [6.07, 6.45) is 1.09. The van der Waals surface area contributed by atoms with E-state index in [0.717, 1.165) is 5.56 Å². The van der Waals surface area contributed by atoms with Gasteiger partial charge in [0.25, 0.3) is 0 Å². The van der Waals surface area contributed by atoms with E-state index in [4.69, 9.17) is 16.3 Å². The molecule has 0 saturated heterocycles. The van der Waals surface area contributed by atoms with Crippen LogP contribution in [0.2, 0.25) is 5.02 Å². The summed E-state index contributed by atoms with van der Waals surface area (Å²) in [6, 6.07) is 5.29.